The summed E-state index contributed by atoms with van der Waals surface area (Å²) in [6.07, 6.45) is 5.45. The van der Waals surface area contributed by atoms with E-state index in [1.807, 2.05) is 0 Å². The van der Waals surface area contributed by atoms with Gasteiger partial charge < -0.3 is 10.1 Å². The fourth-order valence-corrected chi connectivity index (χ4v) is 3.53. The highest BCUT2D eigenvalue weighted by molar-refractivity contribution is 7.16. The van der Waals surface area contributed by atoms with E-state index >= 15 is 0 Å². The Balaban J connectivity index is 2.30. The summed E-state index contributed by atoms with van der Waals surface area (Å²) in [5, 5.41) is 12.9. The number of ether oxygens (including phenoxy) is 1. The average molecular weight is 292 g/mol. The van der Waals surface area contributed by atoms with Crippen molar-refractivity contribution in [1.82, 2.24) is 0 Å². The Hall–Kier alpha value is -1.38. The van der Waals surface area contributed by atoms with Crippen LogP contribution >= 0.6 is 11.3 Å². The second-order valence-electron chi connectivity index (χ2n) is 5.55. The molecule has 0 radical (unpaired) electrons. The summed E-state index contributed by atoms with van der Waals surface area (Å²) >= 11 is 1.54. The molecular weight excluding hydrogens is 272 g/mol. The molecule has 0 saturated carbocycles. The number of methoxy groups -OCH3 is 1. The highest BCUT2D eigenvalue weighted by atomic mass is 32.1. The minimum absolute atomic E-state index is 0.215. The molecule has 0 aliphatic heterocycles. The minimum atomic E-state index is -0.895. The number of amides is 1. The molecule has 0 saturated heterocycles. The van der Waals surface area contributed by atoms with E-state index in [2.05, 4.69) is 11.4 Å². The van der Waals surface area contributed by atoms with Crippen LogP contribution in [0, 0.1) is 11.3 Å². The number of fused-ring (bicyclic) bond motifs is 1. The van der Waals surface area contributed by atoms with Gasteiger partial charge in [0, 0.05) is 12.0 Å². The molecule has 0 unspecified atom stereocenters. The molecule has 1 heterocycles. The lowest BCUT2D eigenvalue weighted by Gasteiger charge is -2.21. The van der Waals surface area contributed by atoms with Crippen LogP contribution in [-0.2, 0) is 22.4 Å². The number of hydrogen-bond acceptors (Lipinski definition) is 4. The monoisotopic (exact) mass is 292 g/mol. The van der Waals surface area contributed by atoms with Gasteiger partial charge in [0.2, 0.25) is 0 Å². The van der Waals surface area contributed by atoms with Crippen LogP contribution in [-0.4, -0.2) is 18.6 Å². The van der Waals surface area contributed by atoms with E-state index in [-0.39, 0.29) is 5.91 Å². The molecule has 108 valence electrons. The molecule has 20 heavy (non-hydrogen) atoms. The number of aryl methyl sites for hydroxylation is 1. The van der Waals surface area contributed by atoms with E-state index in [1.165, 1.54) is 18.4 Å². The minimum Gasteiger partial charge on any atom is -0.369 e. The number of thiophene rings is 1. The third-order valence-electron chi connectivity index (χ3n) is 3.82. The molecular formula is C15H20N2O2S. The predicted molar refractivity (Wildman–Crippen MR) is 80.0 cm³/mol. The summed E-state index contributed by atoms with van der Waals surface area (Å²) in [5.41, 5.74) is 0.890. The number of carbonyl (C=O) groups is 1. The van der Waals surface area contributed by atoms with Crippen molar-refractivity contribution in [3.8, 4) is 6.07 Å². The average Bonchev–Trinajstić information content (AvgIpc) is 2.59. The first-order valence-electron chi connectivity index (χ1n) is 6.91. The maximum Gasteiger partial charge on any atom is 0.256 e. The van der Waals surface area contributed by atoms with Gasteiger partial charge in [-0.1, -0.05) is 6.42 Å². The number of nitrogens with zero attached hydrogens (tertiary/aromatic N) is 1. The van der Waals surface area contributed by atoms with Crippen molar-refractivity contribution in [3.63, 3.8) is 0 Å². The Bertz CT molecular complexity index is 555. The Kier molecular flexibility index (Phi) is 4.46. The molecule has 1 amide bonds. The Morgan fingerprint density at radius 2 is 2.05 bits per heavy atom. The van der Waals surface area contributed by atoms with Gasteiger partial charge in [-0.2, -0.15) is 5.26 Å². The summed E-state index contributed by atoms with van der Waals surface area (Å²) in [6.45, 7) is 3.43. The van der Waals surface area contributed by atoms with E-state index in [1.54, 1.807) is 25.2 Å². The van der Waals surface area contributed by atoms with Crippen LogP contribution < -0.4 is 5.32 Å². The molecule has 4 nitrogen and oxygen atoms in total. The van der Waals surface area contributed by atoms with Crippen molar-refractivity contribution in [2.75, 3.05) is 12.4 Å². The highest BCUT2D eigenvalue weighted by Crippen LogP contribution is 2.37. The molecule has 1 aliphatic rings. The number of rotatable bonds is 3. The van der Waals surface area contributed by atoms with Crippen molar-refractivity contribution in [1.29, 1.82) is 5.26 Å². The van der Waals surface area contributed by atoms with E-state index in [0.29, 0.717) is 10.6 Å². The first kappa shape index (κ1) is 15.0. The Morgan fingerprint density at radius 1 is 1.35 bits per heavy atom. The van der Waals surface area contributed by atoms with Gasteiger partial charge in [0.25, 0.3) is 5.91 Å². The molecule has 0 bridgehead atoms. The molecule has 0 spiro atoms. The molecule has 0 fully saturated rings. The van der Waals surface area contributed by atoms with Crippen molar-refractivity contribution < 1.29 is 9.53 Å². The van der Waals surface area contributed by atoms with Crippen LogP contribution in [0.1, 0.15) is 49.1 Å². The summed E-state index contributed by atoms with van der Waals surface area (Å²) in [5.74, 6) is -0.215. The Labute approximate surface area is 123 Å². The van der Waals surface area contributed by atoms with Gasteiger partial charge in [0.15, 0.2) is 0 Å². The van der Waals surface area contributed by atoms with Crippen molar-refractivity contribution >= 4 is 22.2 Å². The Morgan fingerprint density at radius 3 is 2.70 bits per heavy atom. The van der Waals surface area contributed by atoms with Crippen molar-refractivity contribution in [2.24, 2.45) is 0 Å². The van der Waals surface area contributed by atoms with E-state index in [0.717, 1.165) is 31.2 Å². The summed E-state index contributed by atoms with van der Waals surface area (Å²) in [6, 6.07) is 2.26. The van der Waals surface area contributed by atoms with E-state index in [4.69, 9.17) is 4.74 Å². The van der Waals surface area contributed by atoms with Crippen LogP contribution in [0.5, 0.6) is 0 Å². The first-order valence-corrected chi connectivity index (χ1v) is 7.72. The topological polar surface area (TPSA) is 62.1 Å². The first-order chi connectivity index (χ1) is 9.49. The molecule has 5 heteroatoms. The molecule has 2 rings (SSSR count). The summed E-state index contributed by atoms with van der Waals surface area (Å²) < 4.78 is 5.18. The maximum absolute atomic E-state index is 12.2. The zero-order valence-electron chi connectivity index (χ0n) is 12.2. The molecule has 0 atom stereocenters. The molecule has 1 aromatic rings. The highest BCUT2D eigenvalue weighted by Gasteiger charge is 2.29. The van der Waals surface area contributed by atoms with E-state index < -0.39 is 5.60 Å². The third kappa shape index (κ3) is 2.87. The van der Waals surface area contributed by atoms with Gasteiger partial charge in [-0.25, -0.2) is 0 Å². The van der Waals surface area contributed by atoms with Crippen LogP contribution in [0.4, 0.5) is 5.00 Å². The van der Waals surface area contributed by atoms with E-state index in [9.17, 15) is 10.1 Å². The van der Waals surface area contributed by atoms with Crippen LogP contribution in [0.2, 0.25) is 0 Å². The lowest BCUT2D eigenvalue weighted by atomic mass is 10.1. The molecule has 1 N–H and O–H groups in total. The normalized spacial score (nSPS) is 15.1. The predicted octanol–water partition coefficient (Wildman–Crippen LogP) is 3.25. The lowest BCUT2D eigenvalue weighted by Crippen LogP contribution is -2.38. The van der Waals surface area contributed by atoms with Crippen LogP contribution in [0.3, 0.4) is 0 Å². The van der Waals surface area contributed by atoms with Crippen molar-refractivity contribution in [3.05, 3.63) is 16.0 Å². The molecule has 0 aromatic carbocycles. The van der Waals surface area contributed by atoms with Gasteiger partial charge >= 0.3 is 0 Å². The fraction of sp³-hybridized carbons (Fsp3) is 0.600. The molecule has 1 aromatic heterocycles. The van der Waals surface area contributed by atoms with Gasteiger partial charge in [-0.05, 0) is 45.1 Å². The zero-order chi connectivity index (χ0) is 14.8. The summed E-state index contributed by atoms with van der Waals surface area (Å²) in [7, 11) is 1.51. The van der Waals surface area contributed by atoms with Gasteiger partial charge in [0.1, 0.15) is 16.7 Å². The number of nitriles is 1. The largest absolute Gasteiger partial charge is 0.369 e. The number of nitrogens with one attached hydrogen (secondary N) is 1. The SMILES string of the molecule is COC(C)(C)C(=O)Nc1sc2c(c1C#N)CCCCC2. The maximum atomic E-state index is 12.2. The number of carbonyl (C=O) groups excluding carboxylic acids is 1. The van der Waals surface area contributed by atoms with Gasteiger partial charge in [-0.3, -0.25) is 4.79 Å². The molecule has 1 aliphatic carbocycles. The zero-order valence-corrected chi connectivity index (χ0v) is 13.0. The summed E-state index contributed by atoms with van der Waals surface area (Å²) in [4.78, 5) is 13.4. The quantitative estimate of drug-likeness (QED) is 0.870. The van der Waals surface area contributed by atoms with Crippen LogP contribution in [0.25, 0.3) is 0 Å². The standard InChI is InChI=1S/C15H20N2O2S/c1-15(2,19-3)14(18)17-13-11(9-16)10-7-5-4-6-8-12(10)20-13/h4-8H2,1-3H3,(H,17,18). The number of hydrogen-bond donors (Lipinski definition) is 1. The number of anilines is 1. The van der Waals surface area contributed by atoms with Crippen LogP contribution in [0.15, 0.2) is 0 Å². The fourth-order valence-electron chi connectivity index (χ4n) is 2.30. The second kappa shape index (κ2) is 5.94. The van der Waals surface area contributed by atoms with Crippen molar-refractivity contribution in [2.45, 2.75) is 51.6 Å². The lowest BCUT2D eigenvalue weighted by molar-refractivity contribution is -0.133. The smallest absolute Gasteiger partial charge is 0.256 e. The van der Waals surface area contributed by atoms with Gasteiger partial charge in [-0.15, -0.1) is 11.3 Å². The second-order valence-corrected chi connectivity index (χ2v) is 6.65. The third-order valence-corrected chi connectivity index (χ3v) is 5.02. The van der Waals surface area contributed by atoms with Gasteiger partial charge in [0.05, 0.1) is 5.56 Å².